The second-order valence-corrected chi connectivity index (χ2v) is 13.0. The molecule has 0 radical (unpaired) electrons. The molecule has 0 aliphatic carbocycles. The third-order valence-corrected chi connectivity index (χ3v) is 9.83. The van der Waals surface area contributed by atoms with Crippen LogP contribution in [0.1, 0.15) is 98.2 Å². The molecule has 1 aromatic heterocycles. The number of aryl methyl sites for hydroxylation is 2. The number of carbonyl (C=O) groups excluding carboxylic acids is 3. The molecule has 2 aromatic rings. The molecule has 1 spiro atoms. The van der Waals surface area contributed by atoms with Gasteiger partial charge in [0, 0.05) is 49.5 Å². The molecule has 0 bridgehead atoms. The van der Waals surface area contributed by atoms with Gasteiger partial charge in [-0.25, -0.2) is 0 Å². The van der Waals surface area contributed by atoms with Crippen molar-refractivity contribution in [1.82, 2.24) is 30.2 Å². The van der Waals surface area contributed by atoms with Gasteiger partial charge in [-0.05, 0) is 69.6 Å². The van der Waals surface area contributed by atoms with Crippen molar-refractivity contribution in [2.24, 2.45) is 5.92 Å². The molecular formula is C33H48N6O4. The zero-order valence-corrected chi connectivity index (χ0v) is 26.4. The Morgan fingerprint density at radius 2 is 1.72 bits per heavy atom. The summed E-state index contributed by atoms with van der Waals surface area (Å²) >= 11 is 0. The second kappa shape index (κ2) is 12.8. The van der Waals surface area contributed by atoms with Crippen molar-refractivity contribution in [3.63, 3.8) is 0 Å². The lowest BCUT2D eigenvalue weighted by atomic mass is 9.79. The number of unbranched alkanes of at least 4 members (excludes halogenated alkanes) is 1. The standard InChI is InChI=1S/C33H48N6O4/c1-6-7-18-39-31(42)27(29(40)21(2)3)34-32(43)33(39)14-19-37(20-15-33)28(26-22(4)35-36-23(26)5)24-10-12-25(13-11-24)30(41)38-16-8-9-17-38/h10-13,21,27-29,40H,6-9,14-20H2,1-5H3,(H,34,43)(H,35,36)/t27-,28?,29-/m1/s1. The predicted octanol–water partition coefficient (Wildman–Crippen LogP) is 3.33. The molecule has 3 aliphatic heterocycles. The van der Waals surface area contributed by atoms with Crippen LogP contribution < -0.4 is 5.32 Å². The van der Waals surface area contributed by atoms with Gasteiger partial charge in [0.05, 0.1) is 17.8 Å². The van der Waals surface area contributed by atoms with Crippen LogP contribution in [-0.2, 0) is 9.59 Å². The van der Waals surface area contributed by atoms with Crippen LogP contribution in [0, 0.1) is 19.8 Å². The number of nitrogens with one attached hydrogen (secondary N) is 2. The van der Waals surface area contributed by atoms with Gasteiger partial charge in [-0.2, -0.15) is 5.10 Å². The first kappa shape index (κ1) is 31.2. The van der Waals surface area contributed by atoms with E-state index in [-0.39, 0.29) is 29.7 Å². The zero-order valence-electron chi connectivity index (χ0n) is 26.4. The summed E-state index contributed by atoms with van der Waals surface area (Å²) in [5, 5.41) is 21.3. The van der Waals surface area contributed by atoms with Gasteiger partial charge < -0.3 is 20.2 Å². The highest BCUT2D eigenvalue weighted by Crippen LogP contribution is 2.40. The molecular weight excluding hydrogens is 544 g/mol. The van der Waals surface area contributed by atoms with Crippen LogP contribution >= 0.6 is 0 Å². The number of aromatic amines is 1. The maximum atomic E-state index is 13.8. The molecule has 4 heterocycles. The topological polar surface area (TPSA) is 122 Å². The Morgan fingerprint density at radius 1 is 1.07 bits per heavy atom. The van der Waals surface area contributed by atoms with E-state index in [9.17, 15) is 19.5 Å². The van der Waals surface area contributed by atoms with E-state index < -0.39 is 17.7 Å². The molecule has 3 amide bonds. The van der Waals surface area contributed by atoms with Crippen LogP contribution in [0.4, 0.5) is 0 Å². The number of rotatable bonds is 9. The molecule has 3 atom stereocenters. The van der Waals surface area contributed by atoms with Gasteiger partial charge in [0.2, 0.25) is 11.8 Å². The fourth-order valence-electron chi connectivity index (χ4n) is 7.18. The number of likely N-dealkylation sites (tertiary alicyclic amines) is 2. The maximum Gasteiger partial charge on any atom is 0.253 e. The van der Waals surface area contributed by atoms with Gasteiger partial charge in [-0.1, -0.05) is 39.3 Å². The summed E-state index contributed by atoms with van der Waals surface area (Å²) in [6.45, 7) is 13.2. The molecule has 1 unspecified atom stereocenters. The molecule has 3 fully saturated rings. The Bertz CT molecular complexity index is 1290. The summed E-state index contributed by atoms with van der Waals surface area (Å²) in [6, 6.07) is 6.92. The minimum atomic E-state index is -0.938. The van der Waals surface area contributed by atoms with Crippen molar-refractivity contribution in [3.05, 3.63) is 52.3 Å². The number of piperazine rings is 1. The summed E-state index contributed by atoms with van der Waals surface area (Å²) in [5.74, 6) is -0.418. The SMILES string of the molecule is CCCCN1C(=O)[C@@H]([C@H](O)C(C)C)NC(=O)C12CCN(C(c1ccc(C(=O)N3CCCC3)cc1)c1c(C)n[nH]c1C)CC2. The van der Waals surface area contributed by atoms with Crippen molar-refractivity contribution >= 4 is 17.7 Å². The Morgan fingerprint density at radius 3 is 2.28 bits per heavy atom. The minimum absolute atomic E-state index is 0.0808. The average molecular weight is 593 g/mol. The van der Waals surface area contributed by atoms with Crippen molar-refractivity contribution < 1.29 is 19.5 Å². The molecule has 234 valence electrons. The van der Waals surface area contributed by atoms with Crippen LogP contribution in [0.2, 0.25) is 0 Å². The molecule has 5 rings (SSSR count). The molecule has 43 heavy (non-hydrogen) atoms. The lowest BCUT2D eigenvalue weighted by molar-refractivity contribution is -0.165. The molecule has 1 aromatic carbocycles. The van der Waals surface area contributed by atoms with E-state index in [1.807, 2.05) is 56.9 Å². The first-order valence-electron chi connectivity index (χ1n) is 16.0. The molecule has 0 saturated carbocycles. The van der Waals surface area contributed by atoms with Crippen LogP contribution in [-0.4, -0.2) is 98.1 Å². The van der Waals surface area contributed by atoms with E-state index in [2.05, 4.69) is 27.3 Å². The van der Waals surface area contributed by atoms with Crippen molar-refractivity contribution in [2.75, 3.05) is 32.7 Å². The van der Waals surface area contributed by atoms with Crippen LogP contribution in [0.25, 0.3) is 0 Å². The number of piperidine rings is 1. The molecule has 10 heteroatoms. The Hall–Kier alpha value is -3.24. The first-order chi connectivity index (χ1) is 20.6. The summed E-state index contributed by atoms with van der Waals surface area (Å²) in [4.78, 5) is 46.7. The monoisotopic (exact) mass is 592 g/mol. The number of hydrogen-bond acceptors (Lipinski definition) is 6. The highest BCUT2D eigenvalue weighted by molar-refractivity contribution is 6.00. The zero-order chi connectivity index (χ0) is 30.9. The smallest absolute Gasteiger partial charge is 0.253 e. The number of H-pyrrole nitrogens is 1. The van der Waals surface area contributed by atoms with E-state index in [4.69, 9.17) is 0 Å². The highest BCUT2D eigenvalue weighted by Gasteiger charge is 2.55. The number of aliphatic hydroxyl groups excluding tert-OH is 1. The van der Waals surface area contributed by atoms with Gasteiger partial charge >= 0.3 is 0 Å². The van der Waals surface area contributed by atoms with Gasteiger partial charge in [0.1, 0.15) is 11.6 Å². The van der Waals surface area contributed by atoms with E-state index >= 15 is 0 Å². The number of aliphatic hydroxyl groups is 1. The fourth-order valence-corrected chi connectivity index (χ4v) is 7.18. The van der Waals surface area contributed by atoms with Crippen molar-refractivity contribution in [2.45, 2.75) is 96.9 Å². The minimum Gasteiger partial charge on any atom is -0.390 e. The molecule has 3 N–H and O–H groups in total. The predicted molar refractivity (Wildman–Crippen MR) is 164 cm³/mol. The van der Waals surface area contributed by atoms with Crippen LogP contribution in [0.15, 0.2) is 24.3 Å². The molecule has 3 saturated heterocycles. The van der Waals surface area contributed by atoms with Crippen molar-refractivity contribution in [3.8, 4) is 0 Å². The third kappa shape index (κ3) is 5.83. The number of hydrogen-bond donors (Lipinski definition) is 3. The summed E-state index contributed by atoms with van der Waals surface area (Å²) in [7, 11) is 0. The molecule has 10 nitrogen and oxygen atoms in total. The number of aromatic nitrogens is 2. The summed E-state index contributed by atoms with van der Waals surface area (Å²) in [6.07, 6.45) is 3.87. The fraction of sp³-hybridized carbons (Fsp3) is 0.636. The maximum absolute atomic E-state index is 13.8. The Labute approximate surface area is 255 Å². The normalized spacial score (nSPS) is 22.3. The number of amides is 3. The van der Waals surface area contributed by atoms with E-state index in [0.29, 0.717) is 38.0 Å². The number of benzene rings is 1. The summed E-state index contributed by atoms with van der Waals surface area (Å²) < 4.78 is 0. The molecule has 3 aliphatic rings. The Balaban J connectivity index is 1.42. The van der Waals surface area contributed by atoms with Gasteiger partial charge in [-0.15, -0.1) is 0 Å². The lowest BCUT2D eigenvalue weighted by Crippen LogP contribution is -2.75. The Kier molecular flexibility index (Phi) is 9.27. The summed E-state index contributed by atoms with van der Waals surface area (Å²) in [5.41, 5.74) is 3.83. The first-order valence-corrected chi connectivity index (χ1v) is 16.0. The van der Waals surface area contributed by atoms with Gasteiger partial charge in [-0.3, -0.25) is 24.4 Å². The van der Waals surface area contributed by atoms with E-state index in [0.717, 1.165) is 61.3 Å². The van der Waals surface area contributed by atoms with Gasteiger partial charge in [0.25, 0.3) is 5.91 Å². The number of nitrogens with zero attached hydrogens (tertiary/aromatic N) is 4. The largest absolute Gasteiger partial charge is 0.390 e. The highest BCUT2D eigenvalue weighted by atomic mass is 16.3. The quantitative estimate of drug-likeness (QED) is 0.411. The van der Waals surface area contributed by atoms with Crippen LogP contribution in [0.3, 0.4) is 0 Å². The van der Waals surface area contributed by atoms with E-state index in [1.165, 1.54) is 0 Å². The van der Waals surface area contributed by atoms with Gasteiger partial charge in [0.15, 0.2) is 0 Å². The van der Waals surface area contributed by atoms with Crippen LogP contribution in [0.5, 0.6) is 0 Å². The van der Waals surface area contributed by atoms with E-state index in [1.54, 1.807) is 4.90 Å². The average Bonchev–Trinajstić information content (AvgIpc) is 3.66. The van der Waals surface area contributed by atoms with Crippen molar-refractivity contribution in [1.29, 1.82) is 0 Å². The second-order valence-electron chi connectivity index (χ2n) is 13.0. The number of carbonyl (C=O) groups is 3. The third-order valence-electron chi connectivity index (χ3n) is 9.83. The lowest BCUT2D eigenvalue weighted by Gasteiger charge is -2.53.